The lowest BCUT2D eigenvalue weighted by Gasteiger charge is -2.17. The van der Waals surface area contributed by atoms with E-state index < -0.39 is 21.7 Å². The Morgan fingerprint density at radius 1 is 0.852 bits per heavy atom. The van der Waals surface area contributed by atoms with Crippen LogP contribution in [0.3, 0.4) is 0 Å². The van der Waals surface area contributed by atoms with Gasteiger partial charge in [-0.2, -0.15) is 0 Å². The summed E-state index contributed by atoms with van der Waals surface area (Å²) in [6.45, 7) is 0. The van der Waals surface area contributed by atoms with E-state index in [-0.39, 0.29) is 4.90 Å². The van der Waals surface area contributed by atoms with E-state index >= 15 is 0 Å². The standard InChI is InChI=1S/C21H19NO4S/c1-27(25,26)19-12-10-15(11-13-19)17-8-5-9-18(14-17)20(21(23)22-24)16-6-3-2-4-7-16/h2-14,20,24H,1H3,(H,22,23). The van der Waals surface area contributed by atoms with Crippen molar-refractivity contribution in [3.63, 3.8) is 0 Å². The van der Waals surface area contributed by atoms with E-state index in [1.165, 1.54) is 6.26 Å². The molecule has 0 saturated carbocycles. The fraction of sp³-hybridized carbons (Fsp3) is 0.0952. The van der Waals surface area contributed by atoms with Crippen molar-refractivity contribution in [3.8, 4) is 11.1 Å². The van der Waals surface area contributed by atoms with Gasteiger partial charge in [0.25, 0.3) is 5.91 Å². The molecule has 0 heterocycles. The van der Waals surface area contributed by atoms with E-state index in [2.05, 4.69) is 0 Å². The van der Waals surface area contributed by atoms with Crippen LogP contribution in [0.25, 0.3) is 11.1 Å². The first-order valence-electron chi connectivity index (χ1n) is 8.29. The van der Waals surface area contributed by atoms with Crippen LogP contribution in [-0.4, -0.2) is 25.8 Å². The molecular formula is C21H19NO4S. The Morgan fingerprint density at radius 3 is 2.07 bits per heavy atom. The van der Waals surface area contributed by atoms with Crippen molar-refractivity contribution < 1.29 is 18.4 Å². The molecule has 0 saturated heterocycles. The van der Waals surface area contributed by atoms with E-state index in [9.17, 15) is 13.2 Å². The molecule has 0 aliphatic carbocycles. The molecule has 3 aromatic rings. The van der Waals surface area contributed by atoms with Gasteiger partial charge in [-0.1, -0.05) is 66.7 Å². The molecule has 138 valence electrons. The summed E-state index contributed by atoms with van der Waals surface area (Å²) >= 11 is 0. The Bertz CT molecular complexity index is 1050. The minimum absolute atomic E-state index is 0.254. The van der Waals surface area contributed by atoms with Gasteiger partial charge in [-0.05, 0) is 34.4 Å². The second-order valence-corrected chi connectivity index (χ2v) is 8.26. The quantitative estimate of drug-likeness (QED) is 0.524. The lowest BCUT2D eigenvalue weighted by molar-refractivity contribution is -0.129. The molecule has 0 aromatic heterocycles. The number of carbonyl (C=O) groups excluding carboxylic acids is 1. The van der Waals surface area contributed by atoms with Crippen LogP contribution < -0.4 is 5.48 Å². The average Bonchev–Trinajstić information content (AvgIpc) is 2.68. The molecular weight excluding hydrogens is 362 g/mol. The molecule has 27 heavy (non-hydrogen) atoms. The summed E-state index contributed by atoms with van der Waals surface area (Å²) in [4.78, 5) is 12.5. The minimum Gasteiger partial charge on any atom is -0.289 e. The fourth-order valence-electron chi connectivity index (χ4n) is 3.00. The number of carbonyl (C=O) groups is 1. The van der Waals surface area contributed by atoms with E-state index in [1.54, 1.807) is 29.7 Å². The number of benzene rings is 3. The molecule has 1 amide bonds. The maximum Gasteiger partial charge on any atom is 0.255 e. The first kappa shape index (κ1) is 18.8. The summed E-state index contributed by atoms with van der Waals surface area (Å²) in [5.41, 5.74) is 4.90. The van der Waals surface area contributed by atoms with E-state index in [1.807, 2.05) is 54.6 Å². The molecule has 0 aliphatic rings. The lowest BCUT2D eigenvalue weighted by atomic mass is 9.89. The number of rotatable bonds is 5. The molecule has 5 nitrogen and oxygen atoms in total. The highest BCUT2D eigenvalue weighted by atomic mass is 32.2. The second kappa shape index (κ2) is 7.73. The number of hydroxylamine groups is 1. The molecule has 1 unspecified atom stereocenters. The molecule has 2 N–H and O–H groups in total. The maximum atomic E-state index is 12.3. The fourth-order valence-corrected chi connectivity index (χ4v) is 3.63. The van der Waals surface area contributed by atoms with Gasteiger partial charge in [0.05, 0.1) is 10.8 Å². The van der Waals surface area contributed by atoms with Crippen LogP contribution in [-0.2, 0) is 14.6 Å². The molecule has 6 heteroatoms. The van der Waals surface area contributed by atoms with Crippen molar-refractivity contribution in [1.82, 2.24) is 5.48 Å². The van der Waals surface area contributed by atoms with Crippen LogP contribution in [0.15, 0.2) is 83.8 Å². The highest BCUT2D eigenvalue weighted by molar-refractivity contribution is 7.90. The molecule has 3 aromatic carbocycles. The monoisotopic (exact) mass is 381 g/mol. The van der Waals surface area contributed by atoms with E-state index in [0.29, 0.717) is 0 Å². The Balaban J connectivity index is 2.02. The van der Waals surface area contributed by atoms with Crippen molar-refractivity contribution in [2.24, 2.45) is 0 Å². The van der Waals surface area contributed by atoms with Crippen LogP contribution in [0, 0.1) is 0 Å². The molecule has 0 bridgehead atoms. The number of amides is 1. The van der Waals surface area contributed by atoms with Crippen molar-refractivity contribution in [3.05, 3.63) is 90.0 Å². The Morgan fingerprint density at radius 2 is 1.48 bits per heavy atom. The molecule has 3 rings (SSSR count). The maximum absolute atomic E-state index is 12.3. The predicted octanol–water partition coefficient (Wildman–Crippen LogP) is 3.39. The van der Waals surface area contributed by atoms with Gasteiger partial charge in [-0.25, -0.2) is 13.9 Å². The Kier molecular flexibility index (Phi) is 5.39. The van der Waals surface area contributed by atoms with Crippen LogP contribution in [0.5, 0.6) is 0 Å². The number of sulfone groups is 1. The average molecular weight is 381 g/mol. The first-order chi connectivity index (χ1) is 12.9. The van der Waals surface area contributed by atoms with Gasteiger partial charge >= 0.3 is 0 Å². The number of hydrogen-bond donors (Lipinski definition) is 2. The van der Waals surface area contributed by atoms with Gasteiger partial charge in [-0.3, -0.25) is 10.0 Å². The second-order valence-electron chi connectivity index (χ2n) is 6.24. The Labute approximate surface area is 158 Å². The normalized spacial score (nSPS) is 12.4. The van der Waals surface area contributed by atoms with Crippen molar-refractivity contribution in [2.75, 3.05) is 6.26 Å². The van der Waals surface area contributed by atoms with Crippen LogP contribution in [0.1, 0.15) is 17.0 Å². The zero-order valence-electron chi connectivity index (χ0n) is 14.7. The van der Waals surface area contributed by atoms with Crippen molar-refractivity contribution >= 4 is 15.7 Å². The molecule has 0 fully saturated rings. The number of nitrogens with one attached hydrogen (secondary N) is 1. The summed E-state index contributed by atoms with van der Waals surface area (Å²) in [7, 11) is -3.25. The molecule has 1 atom stereocenters. The first-order valence-corrected chi connectivity index (χ1v) is 10.2. The van der Waals surface area contributed by atoms with E-state index in [0.717, 1.165) is 22.3 Å². The smallest absolute Gasteiger partial charge is 0.255 e. The largest absolute Gasteiger partial charge is 0.289 e. The summed E-state index contributed by atoms with van der Waals surface area (Å²) in [6.07, 6.45) is 1.17. The van der Waals surface area contributed by atoms with Gasteiger partial charge < -0.3 is 0 Å². The highest BCUT2D eigenvalue weighted by Gasteiger charge is 2.22. The SMILES string of the molecule is CS(=O)(=O)c1ccc(-c2cccc(C(C(=O)NO)c3ccccc3)c2)cc1. The third kappa shape index (κ3) is 4.24. The third-order valence-electron chi connectivity index (χ3n) is 4.34. The van der Waals surface area contributed by atoms with Gasteiger partial charge in [-0.15, -0.1) is 0 Å². The van der Waals surface area contributed by atoms with Crippen LogP contribution in [0.2, 0.25) is 0 Å². The zero-order valence-corrected chi connectivity index (χ0v) is 15.5. The van der Waals surface area contributed by atoms with Crippen molar-refractivity contribution in [2.45, 2.75) is 10.8 Å². The minimum atomic E-state index is -3.25. The third-order valence-corrected chi connectivity index (χ3v) is 5.47. The molecule has 0 aliphatic heterocycles. The predicted molar refractivity (Wildman–Crippen MR) is 103 cm³/mol. The van der Waals surface area contributed by atoms with E-state index in [4.69, 9.17) is 5.21 Å². The van der Waals surface area contributed by atoms with Gasteiger partial charge in [0.1, 0.15) is 0 Å². The summed E-state index contributed by atoms with van der Waals surface area (Å²) in [6, 6.07) is 23.2. The summed E-state index contributed by atoms with van der Waals surface area (Å²) in [5.74, 6) is -1.18. The van der Waals surface area contributed by atoms with Crippen molar-refractivity contribution in [1.29, 1.82) is 0 Å². The number of hydrogen-bond acceptors (Lipinski definition) is 4. The summed E-state index contributed by atoms with van der Waals surface area (Å²) < 4.78 is 23.2. The molecule has 0 spiro atoms. The highest BCUT2D eigenvalue weighted by Crippen LogP contribution is 2.29. The summed E-state index contributed by atoms with van der Waals surface area (Å²) in [5, 5.41) is 9.16. The lowest BCUT2D eigenvalue weighted by Crippen LogP contribution is -2.27. The zero-order chi connectivity index (χ0) is 19.4. The van der Waals surface area contributed by atoms with Crippen LogP contribution >= 0.6 is 0 Å². The van der Waals surface area contributed by atoms with Gasteiger partial charge in [0, 0.05) is 6.26 Å². The molecule has 0 radical (unpaired) electrons. The topological polar surface area (TPSA) is 83.5 Å². The van der Waals surface area contributed by atoms with Crippen LogP contribution in [0.4, 0.5) is 0 Å². The van der Waals surface area contributed by atoms with Gasteiger partial charge in [0.15, 0.2) is 9.84 Å². The Hall–Kier alpha value is -2.96. The van der Waals surface area contributed by atoms with Gasteiger partial charge in [0.2, 0.25) is 0 Å².